The molecule has 0 saturated heterocycles. The highest BCUT2D eigenvalue weighted by Gasteiger charge is 2.39. The van der Waals surface area contributed by atoms with Gasteiger partial charge in [-0.05, 0) is 90.1 Å². The van der Waals surface area contributed by atoms with Crippen molar-refractivity contribution in [3.8, 4) is 0 Å². The lowest BCUT2D eigenvalue weighted by Crippen LogP contribution is -2.47. The summed E-state index contributed by atoms with van der Waals surface area (Å²) in [5.74, 6) is -3.66. The zero-order valence-electron chi connectivity index (χ0n) is 17.7. The van der Waals surface area contributed by atoms with Crippen molar-refractivity contribution in [3.05, 3.63) is 72.6 Å². The number of hydrogen-bond donors (Lipinski definition) is 2. The Morgan fingerprint density at radius 1 is 0.943 bits per heavy atom. The molecule has 0 fully saturated rings. The number of halogens is 9. The second-order valence-corrected chi connectivity index (χ2v) is 9.88. The van der Waals surface area contributed by atoms with Gasteiger partial charge < -0.3 is 10.6 Å². The summed E-state index contributed by atoms with van der Waals surface area (Å²) in [5.41, 5.74) is 0.424. The molecule has 35 heavy (non-hydrogen) atoms. The Kier molecular flexibility index (Phi) is 10.0. The van der Waals surface area contributed by atoms with Crippen LogP contribution in [0.4, 0.5) is 26.3 Å². The maximum atomic E-state index is 13.7. The summed E-state index contributed by atoms with van der Waals surface area (Å²) in [5, 5.41) is 3.94. The van der Waals surface area contributed by atoms with Gasteiger partial charge in [0, 0.05) is 13.4 Å². The van der Waals surface area contributed by atoms with E-state index in [1.165, 1.54) is 49.4 Å². The third kappa shape index (κ3) is 8.94. The van der Waals surface area contributed by atoms with Gasteiger partial charge in [0.05, 0.1) is 11.5 Å². The zero-order valence-corrected chi connectivity index (χ0v) is 22.5. The number of rotatable bonds is 7. The summed E-state index contributed by atoms with van der Waals surface area (Å²) in [4.78, 5) is 24.2. The quantitative estimate of drug-likeness (QED) is 0.303. The van der Waals surface area contributed by atoms with Crippen molar-refractivity contribution in [2.24, 2.45) is 0 Å². The standard InChI is InChI=1S/C22H17Br3F6N2O2/c1-11(19(34)32-10-21(26,27)28)33-20(35)14-5-2-12(8-17(14)24)3-6-15(22(29,30)31)13-4-7-16(23)18(25)9-13/h2-9,11,15H,10H2,1H3,(H,32,34)(H,33,35)/b6-3+/t11-,15?/m1/s1. The largest absolute Gasteiger partial charge is 0.405 e. The molecule has 0 bridgehead atoms. The Morgan fingerprint density at radius 2 is 1.60 bits per heavy atom. The molecule has 13 heteroatoms. The maximum absolute atomic E-state index is 13.7. The Hall–Kier alpha value is -1.86. The monoisotopic (exact) mass is 692 g/mol. The highest BCUT2D eigenvalue weighted by atomic mass is 79.9. The van der Waals surface area contributed by atoms with E-state index in [2.05, 4.69) is 53.1 Å². The van der Waals surface area contributed by atoms with E-state index in [4.69, 9.17) is 0 Å². The lowest BCUT2D eigenvalue weighted by Gasteiger charge is -2.18. The first kappa shape index (κ1) is 29.4. The molecule has 0 spiro atoms. The van der Waals surface area contributed by atoms with Crippen LogP contribution in [0.1, 0.15) is 34.3 Å². The normalized spacial score (nSPS) is 14.0. The third-order valence-corrected chi connectivity index (χ3v) is 7.11. The van der Waals surface area contributed by atoms with Gasteiger partial charge in [0.2, 0.25) is 5.91 Å². The van der Waals surface area contributed by atoms with Crippen molar-refractivity contribution >= 4 is 65.7 Å². The number of carbonyl (C=O) groups is 2. The van der Waals surface area contributed by atoms with Gasteiger partial charge in [-0.15, -0.1) is 0 Å². The Bertz CT molecular complexity index is 1120. The number of benzene rings is 2. The van der Waals surface area contributed by atoms with E-state index in [0.29, 0.717) is 14.5 Å². The van der Waals surface area contributed by atoms with E-state index in [-0.39, 0.29) is 15.6 Å². The molecule has 2 aromatic carbocycles. The molecule has 2 rings (SSSR count). The first-order chi connectivity index (χ1) is 16.1. The second kappa shape index (κ2) is 11.9. The Morgan fingerprint density at radius 3 is 2.14 bits per heavy atom. The minimum absolute atomic E-state index is 0.0247. The fourth-order valence-corrected chi connectivity index (χ4v) is 4.04. The predicted molar refractivity (Wildman–Crippen MR) is 130 cm³/mol. The average Bonchev–Trinajstić information content (AvgIpc) is 2.73. The highest BCUT2D eigenvalue weighted by molar-refractivity contribution is 9.13. The lowest BCUT2D eigenvalue weighted by molar-refractivity contribution is -0.139. The van der Waals surface area contributed by atoms with E-state index in [9.17, 15) is 35.9 Å². The minimum Gasteiger partial charge on any atom is -0.345 e. The molecular weight excluding hydrogens is 678 g/mol. The first-order valence-corrected chi connectivity index (χ1v) is 12.1. The molecule has 2 aromatic rings. The number of alkyl halides is 6. The number of allylic oxidation sites excluding steroid dienone is 1. The molecule has 0 aromatic heterocycles. The summed E-state index contributed by atoms with van der Waals surface area (Å²) < 4.78 is 79.0. The number of nitrogens with one attached hydrogen (secondary N) is 2. The smallest absolute Gasteiger partial charge is 0.345 e. The van der Waals surface area contributed by atoms with Gasteiger partial charge in [-0.3, -0.25) is 9.59 Å². The van der Waals surface area contributed by atoms with E-state index in [1.54, 1.807) is 5.32 Å². The van der Waals surface area contributed by atoms with Crippen LogP contribution >= 0.6 is 47.8 Å². The number of carbonyl (C=O) groups excluding carboxylic acids is 2. The molecule has 190 valence electrons. The van der Waals surface area contributed by atoms with Crippen LogP contribution in [0.3, 0.4) is 0 Å². The van der Waals surface area contributed by atoms with Crippen LogP contribution in [0.25, 0.3) is 6.08 Å². The summed E-state index contributed by atoms with van der Waals surface area (Å²) in [6.07, 6.45) is -6.90. The van der Waals surface area contributed by atoms with Crippen LogP contribution in [0.15, 0.2) is 55.9 Å². The van der Waals surface area contributed by atoms with Crippen LogP contribution in [-0.2, 0) is 4.79 Å². The molecular formula is C22H17Br3F6N2O2. The van der Waals surface area contributed by atoms with Crippen molar-refractivity contribution < 1.29 is 35.9 Å². The summed E-state index contributed by atoms with van der Waals surface area (Å²) in [7, 11) is 0. The van der Waals surface area contributed by atoms with Gasteiger partial charge in [0.15, 0.2) is 0 Å². The van der Waals surface area contributed by atoms with Crippen molar-refractivity contribution in [1.29, 1.82) is 0 Å². The van der Waals surface area contributed by atoms with E-state index in [1.807, 2.05) is 0 Å². The van der Waals surface area contributed by atoms with Crippen molar-refractivity contribution in [3.63, 3.8) is 0 Å². The van der Waals surface area contributed by atoms with Crippen molar-refractivity contribution in [1.82, 2.24) is 10.6 Å². The maximum Gasteiger partial charge on any atom is 0.405 e. The van der Waals surface area contributed by atoms with Crippen LogP contribution in [0.2, 0.25) is 0 Å². The average molecular weight is 695 g/mol. The van der Waals surface area contributed by atoms with Gasteiger partial charge in [0.25, 0.3) is 5.91 Å². The number of amides is 2. The Balaban J connectivity index is 2.16. The number of hydrogen-bond acceptors (Lipinski definition) is 2. The van der Waals surface area contributed by atoms with Gasteiger partial charge in [-0.1, -0.05) is 24.3 Å². The summed E-state index contributed by atoms with van der Waals surface area (Å²) in [6.45, 7) is -0.320. The molecule has 1 unspecified atom stereocenters. The predicted octanol–water partition coefficient (Wildman–Crippen LogP) is 7.13. The highest BCUT2D eigenvalue weighted by Crippen LogP contribution is 2.38. The van der Waals surface area contributed by atoms with Gasteiger partial charge >= 0.3 is 12.4 Å². The minimum atomic E-state index is -4.59. The molecule has 0 heterocycles. The lowest BCUT2D eigenvalue weighted by atomic mass is 9.97. The van der Waals surface area contributed by atoms with Gasteiger partial charge in [0.1, 0.15) is 12.6 Å². The second-order valence-electron chi connectivity index (χ2n) is 7.32. The molecule has 0 aliphatic rings. The van der Waals surface area contributed by atoms with Crippen molar-refractivity contribution in [2.75, 3.05) is 6.54 Å². The van der Waals surface area contributed by atoms with Crippen LogP contribution in [0, 0.1) is 0 Å². The van der Waals surface area contributed by atoms with Crippen LogP contribution in [-0.4, -0.2) is 36.8 Å². The van der Waals surface area contributed by atoms with Gasteiger partial charge in [-0.25, -0.2) is 0 Å². The summed E-state index contributed by atoms with van der Waals surface area (Å²) >= 11 is 9.57. The molecule has 2 amide bonds. The third-order valence-electron chi connectivity index (χ3n) is 4.58. The fourth-order valence-electron chi connectivity index (χ4n) is 2.82. The Labute approximate surface area is 221 Å². The van der Waals surface area contributed by atoms with E-state index >= 15 is 0 Å². The first-order valence-electron chi connectivity index (χ1n) is 9.73. The van der Waals surface area contributed by atoms with E-state index < -0.39 is 42.7 Å². The molecule has 0 aliphatic heterocycles. The van der Waals surface area contributed by atoms with Gasteiger partial charge in [-0.2, -0.15) is 26.3 Å². The zero-order chi connectivity index (χ0) is 26.6. The van der Waals surface area contributed by atoms with Crippen LogP contribution in [0.5, 0.6) is 0 Å². The van der Waals surface area contributed by atoms with E-state index in [0.717, 1.165) is 6.08 Å². The summed E-state index contributed by atoms with van der Waals surface area (Å²) in [6, 6.07) is 7.09. The molecule has 0 aliphatic carbocycles. The fraction of sp³-hybridized carbons (Fsp3) is 0.273. The molecule has 2 N–H and O–H groups in total. The van der Waals surface area contributed by atoms with Crippen LogP contribution < -0.4 is 10.6 Å². The molecule has 0 saturated carbocycles. The van der Waals surface area contributed by atoms with Crippen molar-refractivity contribution in [2.45, 2.75) is 31.2 Å². The topological polar surface area (TPSA) is 58.2 Å². The molecule has 2 atom stereocenters. The molecule has 0 radical (unpaired) electrons. The molecule has 4 nitrogen and oxygen atoms in total. The SMILES string of the molecule is C[C@@H](NC(=O)c1ccc(/C=C/C(c2ccc(Br)c(Br)c2)C(F)(F)F)cc1Br)C(=O)NCC(F)(F)F.